The Morgan fingerprint density at radius 1 is 1.53 bits per heavy atom. The molecule has 0 saturated carbocycles. The SMILES string of the molecule is COCCCN(C)c1ccc([C@@H](C)O)cc1[N+](=O)[O-]. The number of nitrogens with zero attached hydrogens (tertiary/aromatic N) is 2. The molecule has 0 saturated heterocycles. The molecule has 0 spiro atoms. The minimum absolute atomic E-state index is 0.0123. The molecule has 0 aliphatic heterocycles. The molecule has 1 atom stereocenters. The molecule has 6 nitrogen and oxygen atoms in total. The smallest absolute Gasteiger partial charge is 0.292 e. The lowest BCUT2D eigenvalue weighted by atomic mass is 10.1. The van der Waals surface area contributed by atoms with Crippen LogP contribution in [0.1, 0.15) is 25.0 Å². The van der Waals surface area contributed by atoms with E-state index in [9.17, 15) is 15.2 Å². The van der Waals surface area contributed by atoms with Crippen LogP contribution in [-0.4, -0.2) is 37.3 Å². The zero-order valence-electron chi connectivity index (χ0n) is 11.5. The topological polar surface area (TPSA) is 75.8 Å². The van der Waals surface area contributed by atoms with E-state index in [1.54, 1.807) is 33.2 Å². The third-order valence-corrected chi connectivity index (χ3v) is 2.93. The fraction of sp³-hybridized carbons (Fsp3) is 0.538. The van der Waals surface area contributed by atoms with Crippen molar-refractivity contribution in [1.29, 1.82) is 0 Å². The molecule has 0 aliphatic rings. The van der Waals surface area contributed by atoms with E-state index < -0.39 is 11.0 Å². The van der Waals surface area contributed by atoms with Gasteiger partial charge in [-0.2, -0.15) is 0 Å². The second-order valence-electron chi connectivity index (χ2n) is 4.45. The van der Waals surface area contributed by atoms with Gasteiger partial charge < -0.3 is 14.7 Å². The van der Waals surface area contributed by atoms with Crippen molar-refractivity contribution in [1.82, 2.24) is 0 Å². The molecular formula is C13H20N2O4. The van der Waals surface area contributed by atoms with E-state index in [1.165, 1.54) is 6.07 Å². The van der Waals surface area contributed by atoms with Gasteiger partial charge in [-0.3, -0.25) is 10.1 Å². The van der Waals surface area contributed by atoms with Crippen molar-refractivity contribution in [3.63, 3.8) is 0 Å². The van der Waals surface area contributed by atoms with Crippen molar-refractivity contribution in [3.05, 3.63) is 33.9 Å². The predicted molar refractivity (Wildman–Crippen MR) is 73.5 cm³/mol. The number of benzene rings is 1. The fourth-order valence-corrected chi connectivity index (χ4v) is 1.84. The van der Waals surface area contributed by atoms with E-state index in [1.807, 2.05) is 4.90 Å². The number of nitro groups is 1. The van der Waals surface area contributed by atoms with Gasteiger partial charge in [0.2, 0.25) is 0 Å². The molecule has 6 heteroatoms. The molecule has 1 rings (SSSR count). The highest BCUT2D eigenvalue weighted by atomic mass is 16.6. The maximum absolute atomic E-state index is 11.1. The van der Waals surface area contributed by atoms with Crippen LogP contribution in [0.5, 0.6) is 0 Å². The number of hydrogen-bond acceptors (Lipinski definition) is 5. The van der Waals surface area contributed by atoms with Crippen LogP contribution < -0.4 is 4.90 Å². The summed E-state index contributed by atoms with van der Waals surface area (Å²) in [6.45, 7) is 2.87. The highest BCUT2D eigenvalue weighted by Crippen LogP contribution is 2.30. The summed E-state index contributed by atoms with van der Waals surface area (Å²) in [6.07, 6.45) is 0.0778. The summed E-state index contributed by atoms with van der Waals surface area (Å²) >= 11 is 0. The molecule has 0 bridgehead atoms. The summed E-state index contributed by atoms with van der Waals surface area (Å²) in [4.78, 5) is 12.5. The molecule has 1 aromatic rings. The van der Waals surface area contributed by atoms with Crippen molar-refractivity contribution in [2.24, 2.45) is 0 Å². The number of methoxy groups -OCH3 is 1. The lowest BCUT2D eigenvalue weighted by molar-refractivity contribution is -0.384. The Balaban J connectivity index is 2.96. The van der Waals surface area contributed by atoms with Gasteiger partial charge in [0.05, 0.1) is 11.0 Å². The van der Waals surface area contributed by atoms with Crippen LogP contribution in [0, 0.1) is 10.1 Å². The Labute approximate surface area is 112 Å². The van der Waals surface area contributed by atoms with E-state index in [-0.39, 0.29) is 5.69 Å². The van der Waals surface area contributed by atoms with Gasteiger partial charge in [-0.15, -0.1) is 0 Å². The Bertz CT molecular complexity index is 435. The molecular weight excluding hydrogens is 248 g/mol. The van der Waals surface area contributed by atoms with Gasteiger partial charge in [0.15, 0.2) is 0 Å². The van der Waals surface area contributed by atoms with E-state index in [0.717, 1.165) is 6.42 Å². The third-order valence-electron chi connectivity index (χ3n) is 2.93. The summed E-state index contributed by atoms with van der Waals surface area (Å²) in [5.41, 5.74) is 1.10. The van der Waals surface area contributed by atoms with Crippen LogP contribution in [0.3, 0.4) is 0 Å². The average molecular weight is 268 g/mol. The Morgan fingerprint density at radius 3 is 2.74 bits per heavy atom. The van der Waals surface area contributed by atoms with E-state index in [2.05, 4.69) is 0 Å². The van der Waals surface area contributed by atoms with Gasteiger partial charge in [-0.25, -0.2) is 0 Å². The summed E-state index contributed by atoms with van der Waals surface area (Å²) in [6, 6.07) is 4.81. The molecule has 0 radical (unpaired) electrons. The first-order chi connectivity index (χ1) is 8.97. The second kappa shape index (κ2) is 7.06. The molecule has 0 heterocycles. The molecule has 1 aromatic carbocycles. The molecule has 0 aromatic heterocycles. The Morgan fingerprint density at radius 2 is 2.21 bits per heavy atom. The highest BCUT2D eigenvalue weighted by molar-refractivity contribution is 5.64. The van der Waals surface area contributed by atoms with Crippen LogP contribution in [-0.2, 0) is 4.74 Å². The maximum atomic E-state index is 11.1. The molecule has 19 heavy (non-hydrogen) atoms. The van der Waals surface area contributed by atoms with Gasteiger partial charge in [-0.05, 0) is 25.0 Å². The van der Waals surface area contributed by atoms with Crippen molar-refractivity contribution in [3.8, 4) is 0 Å². The molecule has 0 unspecified atom stereocenters. The maximum Gasteiger partial charge on any atom is 0.292 e. The number of nitro benzene ring substituents is 1. The number of anilines is 1. The summed E-state index contributed by atoms with van der Waals surface area (Å²) in [7, 11) is 3.43. The van der Waals surface area contributed by atoms with Gasteiger partial charge in [-0.1, -0.05) is 6.07 Å². The largest absolute Gasteiger partial charge is 0.389 e. The van der Waals surface area contributed by atoms with Crippen molar-refractivity contribution in [2.45, 2.75) is 19.4 Å². The van der Waals surface area contributed by atoms with Crippen molar-refractivity contribution < 1.29 is 14.8 Å². The summed E-state index contributed by atoms with van der Waals surface area (Å²) < 4.78 is 4.96. The van der Waals surface area contributed by atoms with E-state index in [0.29, 0.717) is 24.4 Å². The zero-order chi connectivity index (χ0) is 14.4. The molecule has 106 valence electrons. The first-order valence-electron chi connectivity index (χ1n) is 6.13. The van der Waals surface area contributed by atoms with Crippen LogP contribution >= 0.6 is 0 Å². The standard InChI is InChI=1S/C13H20N2O4/c1-10(16)11-5-6-12(13(9-11)15(17)18)14(2)7-4-8-19-3/h5-6,9-10,16H,4,7-8H2,1-3H3/t10-/m1/s1. The lowest BCUT2D eigenvalue weighted by Crippen LogP contribution is -2.20. The Kier molecular flexibility index (Phi) is 5.72. The number of aliphatic hydroxyl groups excluding tert-OH is 1. The van der Waals surface area contributed by atoms with Gasteiger partial charge in [0.25, 0.3) is 5.69 Å². The van der Waals surface area contributed by atoms with Crippen LogP contribution in [0.4, 0.5) is 11.4 Å². The third kappa shape index (κ3) is 4.18. The first-order valence-corrected chi connectivity index (χ1v) is 6.13. The highest BCUT2D eigenvalue weighted by Gasteiger charge is 2.18. The first kappa shape index (κ1) is 15.4. The van der Waals surface area contributed by atoms with Crippen LogP contribution in [0.25, 0.3) is 0 Å². The molecule has 0 amide bonds. The lowest BCUT2D eigenvalue weighted by Gasteiger charge is -2.19. The molecule has 0 fully saturated rings. The summed E-state index contributed by atoms with van der Waals surface area (Å²) in [5.74, 6) is 0. The van der Waals surface area contributed by atoms with Crippen LogP contribution in [0.2, 0.25) is 0 Å². The van der Waals surface area contributed by atoms with Gasteiger partial charge in [0, 0.05) is 33.4 Å². The number of ether oxygens (including phenoxy) is 1. The molecule has 0 aliphatic carbocycles. The Hall–Kier alpha value is -1.66. The van der Waals surface area contributed by atoms with Crippen molar-refractivity contribution in [2.75, 3.05) is 32.2 Å². The minimum atomic E-state index is -0.716. The van der Waals surface area contributed by atoms with E-state index in [4.69, 9.17) is 4.74 Å². The average Bonchev–Trinajstić information content (AvgIpc) is 2.38. The fourth-order valence-electron chi connectivity index (χ4n) is 1.84. The zero-order valence-corrected chi connectivity index (χ0v) is 11.5. The second-order valence-corrected chi connectivity index (χ2v) is 4.45. The van der Waals surface area contributed by atoms with Crippen LogP contribution in [0.15, 0.2) is 18.2 Å². The summed E-state index contributed by atoms with van der Waals surface area (Å²) in [5, 5.41) is 20.6. The number of rotatable bonds is 7. The molecule has 1 N–H and O–H groups in total. The van der Waals surface area contributed by atoms with E-state index >= 15 is 0 Å². The monoisotopic (exact) mass is 268 g/mol. The quantitative estimate of drug-likeness (QED) is 0.465. The minimum Gasteiger partial charge on any atom is -0.389 e. The normalized spacial score (nSPS) is 12.2. The number of aliphatic hydroxyl groups is 1. The predicted octanol–water partition coefficient (Wildman–Crippen LogP) is 2.12. The van der Waals surface area contributed by atoms with Crippen molar-refractivity contribution >= 4 is 11.4 Å². The van der Waals surface area contributed by atoms with Gasteiger partial charge in [0.1, 0.15) is 5.69 Å². The van der Waals surface area contributed by atoms with Gasteiger partial charge >= 0.3 is 0 Å². The number of hydrogen-bond donors (Lipinski definition) is 1.